The summed E-state index contributed by atoms with van der Waals surface area (Å²) in [5.74, 6) is 0.520. The zero-order chi connectivity index (χ0) is 11.1. The normalized spacial score (nSPS) is 13.3. The third-order valence-electron chi connectivity index (χ3n) is 2.05. The van der Waals surface area contributed by atoms with E-state index in [9.17, 15) is 4.79 Å². The topological polar surface area (TPSA) is 17.1 Å². The first-order chi connectivity index (χ1) is 7.24. The molecule has 0 aliphatic heterocycles. The smallest absolute Gasteiger partial charge is 0.142 e. The summed E-state index contributed by atoms with van der Waals surface area (Å²) >= 11 is 1.79. The molecule has 0 spiro atoms. The molecule has 2 heteroatoms. The van der Waals surface area contributed by atoms with Crippen molar-refractivity contribution < 1.29 is 4.79 Å². The molecule has 1 nitrogen and oxygen atoms in total. The van der Waals surface area contributed by atoms with E-state index in [2.05, 4.69) is 26.0 Å². The Bertz CT molecular complexity index is 317. The van der Waals surface area contributed by atoms with E-state index in [0.29, 0.717) is 11.2 Å². The van der Waals surface area contributed by atoms with Crippen LogP contribution in [0.25, 0.3) is 0 Å². The van der Waals surface area contributed by atoms with E-state index in [1.807, 2.05) is 24.3 Å². The Balaban J connectivity index is 2.67. The van der Waals surface area contributed by atoms with Crippen molar-refractivity contribution in [1.82, 2.24) is 0 Å². The summed E-state index contributed by atoms with van der Waals surface area (Å²) in [5.41, 5.74) is 0. The molecule has 0 heterocycles. The fraction of sp³-hybridized carbons (Fsp3) is 0.308. The maximum absolute atomic E-state index is 10.3. The van der Waals surface area contributed by atoms with Crippen LogP contribution < -0.4 is 0 Å². The molecule has 0 amide bonds. The van der Waals surface area contributed by atoms with Gasteiger partial charge in [0.05, 0.1) is 0 Å². The van der Waals surface area contributed by atoms with Gasteiger partial charge in [-0.2, -0.15) is 0 Å². The maximum atomic E-state index is 10.3. The number of thioether (sulfide) groups is 1. The minimum atomic E-state index is 0.359. The average Bonchev–Trinajstić information content (AvgIpc) is 2.25. The molecule has 0 aliphatic rings. The monoisotopic (exact) mass is 220 g/mol. The Morgan fingerprint density at radius 2 is 1.87 bits per heavy atom. The molecular formula is C13H16OS. The van der Waals surface area contributed by atoms with Crippen LogP contribution in [0, 0.1) is 5.92 Å². The van der Waals surface area contributed by atoms with E-state index in [1.54, 1.807) is 17.8 Å². The molecule has 0 saturated carbocycles. The van der Waals surface area contributed by atoms with Crippen LogP contribution in [0.2, 0.25) is 0 Å². The van der Waals surface area contributed by atoms with Crippen molar-refractivity contribution in [3.8, 4) is 0 Å². The molecule has 1 atom stereocenters. The first-order valence-electron chi connectivity index (χ1n) is 5.07. The van der Waals surface area contributed by atoms with Crippen LogP contribution in [0.4, 0.5) is 0 Å². The van der Waals surface area contributed by atoms with Gasteiger partial charge < -0.3 is 0 Å². The predicted molar refractivity (Wildman–Crippen MR) is 66.1 cm³/mol. The molecule has 0 N–H and O–H groups in total. The van der Waals surface area contributed by atoms with Crippen molar-refractivity contribution in [2.75, 3.05) is 0 Å². The summed E-state index contributed by atoms with van der Waals surface area (Å²) in [6.07, 6.45) is 4.39. The summed E-state index contributed by atoms with van der Waals surface area (Å²) in [6.45, 7) is 4.32. The second-order valence-corrected chi connectivity index (χ2v) is 4.91. The number of benzene rings is 1. The van der Waals surface area contributed by atoms with Crippen LogP contribution in [0.5, 0.6) is 0 Å². The first-order valence-corrected chi connectivity index (χ1v) is 5.95. The van der Waals surface area contributed by atoms with E-state index < -0.39 is 0 Å². The number of hydrogen-bond donors (Lipinski definition) is 0. The quantitative estimate of drug-likeness (QED) is 0.429. The van der Waals surface area contributed by atoms with Crippen LogP contribution in [-0.2, 0) is 4.79 Å². The minimum Gasteiger partial charge on any atom is -0.299 e. The van der Waals surface area contributed by atoms with Gasteiger partial charge in [-0.3, -0.25) is 4.79 Å². The lowest BCUT2D eigenvalue weighted by molar-refractivity contribution is -0.104. The van der Waals surface area contributed by atoms with Gasteiger partial charge in [-0.15, -0.1) is 11.8 Å². The Labute approximate surface area is 95.6 Å². The molecule has 1 rings (SSSR count). The number of carbonyl (C=O) groups excluding carboxylic acids is 1. The number of rotatable bonds is 5. The fourth-order valence-electron chi connectivity index (χ4n) is 1.21. The highest BCUT2D eigenvalue weighted by molar-refractivity contribution is 8.00. The van der Waals surface area contributed by atoms with E-state index >= 15 is 0 Å². The van der Waals surface area contributed by atoms with Crippen molar-refractivity contribution in [3.63, 3.8) is 0 Å². The Kier molecular flexibility index (Phi) is 5.19. The highest BCUT2D eigenvalue weighted by Crippen LogP contribution is 2.28. The van der Waals surface area contributed by atoms with Gasteiger partial charge in [-0.25, -0.2) is 0 Å². The lowest BCUT2D eigenvalue weighted by Crippen LogP contribution is -2.07. The van der Waals surface area contributed by atoms with Crippen LogP contribution in [0.15, 0.2) is 47.4 Å². The summed E-state index contributed by atoms with van der Waals surface area (Å²) in [7, 11) is 0. The highest BCUT2D eigenvalue weighted by atomic mass is 32.2. The maximum Gasteiger partial charge on any atom is 0.142 e. The Morgan fingerprint density at radius 3 is 2.40 bits per heavy atom. The second-order valence-electron chi connectivity index (χ2n) is 3.66. The van der Waals surface area contributed by atoms with E-state index in [4.69, 9.17) is 0 Å². The third-order valence-corrected chi connectivity index (χ3v) is 3.57. The molecule has 0 fully saturated rings. The molecule has 1 unspecified atom stereocenters. The standard InChI is InChI=1S/C13H16OS/c1-11(2)13(9-6-10-14)15-12-7-4-3-5-8-12/h3-11,13H,1-2H3/b9-6+. The highest BCUT2D eigenvalue weighted by Gasteiger charge is 2.10. The number of hydrogen-bond acceptors (Lipinski definition) is 2. The van der Waals surface area contributed by atoms with Crippen molar-refractivity contribution in [1.29, 1.82) is 0 Å². The summed E-state index contributed by atoms with van der Waals surface area (Å²) in [4.78, 5) is 11.5. The van der Waals surface area contributed by atoms with Gasteiger partial charge in [0.25, 0.3) is 0 Å². The summed E-state index contributed by atoms with van der Waals surface area (Å²) < 4.78 is 0. The molecule has 1 aromatic rings. The van der Waals surface area contributed by atoms with Gasteiger partial charge in [-0.05, 0) is 24.1 Å². The predicted octanol–water partition coefficient (Wildman–Crippen LogP) is 3.56. The summed E-state index contributed by atoms with van der Waals surface area (Å²) in [6, 6.07) is 10.3. The van der Waals surface area contributed by atoms with E-state index in [0.717, 1.165) is 6.29 Å². The first kappa shape index (κ1) is 12.1. The van der Waals surface area contributed by atoms with Gasteiger partial charge in [0.2, 0.25) is 0 Å². The van der Waals surface area contributed by atoms with Gasteiger partial charge >= 0.3 is 0 Å². The number of aldehydes is 1. The lowest BCUT2D eigenvalue weighted by atomic mass is 10.1. The molecule has 0 radical (unpaired) electrons. The molecule has 80 valence electrons. The molecule has 1 aromatic carbocycles. The zero-order valence-electron chi connectivity index (χ0n) is 9.09. The van der Waals surface area contributed by atoms with Gasteiger partial charge in [-0.1, -0.05) is 38.1 Å². The molecule has 0 saturated heterocycles. The molecule has 15 heavy (non-hydrogen) atoms. The number of carbonyl (C=O) groups is 1. The number of allylic oxidation sites excluding steroid dienone is 1. The van der Waals surface area contributed by atoms with Gasteiger partial charge in [0, 0.05) is 10.1 Å². The third kappa shape index (κ3) is 4.34. The molecular weight excluding hydrogens is 204 g/mol. The molecule has 0 aromatic heterocycles. The second kappa shape index (κ2) is 6.46. The van der Waals surface area contributed by atoms with Crippen molar-refractivity contribution in [3.05, 3.63) is 42.5 Å². The minimum absolute atomic E-state index is 0.359. The van der Waals surface area contributed by atoms with Crippen LogP contribution >= 0.6 is 11.8 Å². The fourth-order valence-corrected chi connectivity index (χ4v) is 2.28. The Morgan fingerprint density at radius 1 is 1.20 bits per heavy atom. The lowest BCUT2D eigenvalue weighted by Gasteiger charge is -2.15. The van der Waals surface area contributed by atoms with Gasteiger partial charge in [0.1, 0.15) is 6.29 Å². The SMILES string of the molecule is CC(C)C(/C=C/C=O)Sc1ccccc1. The van der Waals surface area contributed by atoms with Crippen LogP contribution in [-0.4, -0.2) is 11.5 Å². The van der Waals surface area contributed by atoms with Crippen LogP contribution in [0.1, 0.15) is 13.8 Å². The van der Waals surface area contributed by atoms with E-state index in [1.165, 1.54) is 4.90 Å². The van der Waals surface area contributed by atoms with Gasteiger partial charge in [0.15, 0.2) is 0 Å². The van der Waals surface area contributed by atoms with Crippen molar-refractivity contribution in [2.45, 2.75) is 24.0 Å². The average molecular weight is 220 g/mol. The zero-order valence-corrected chi connectivity index (χ0v) is 9.91. The van der Waals surface area contributed by atoms with Crippen LogP contribution in [0.3, 0.4) is 0 Å². The van der Waals surface area contributed by atoms with E-state index in [-0.39, 0.29) is 0 Å². The molecule has 0 bridgehead atoms. The summed E-state index contributed by atoms with van der Waals surface area (Å²) in [5, 5.41) is 0.359. The van der Waals surface area contributed by atoms with Crippen molar-refractivity contribution >= 4 is 18.0 Å². The Hall–Kier alpha value is -1.02. The largest absolute Gasteiger partial charge is 0.299 e. The van der Waals surface area contributed by atoms with Crippen molar-refractivity contribution in [2.24, 2.45) is 5.92 Å². The molecule has 0 aliphatic carbocycles.